The van der Waals surface area contributed by atoms with Crippen molar-refractivity contribution in [1.29, 1.82) is 0 Å². The molecule has 1 saturated carbocycles. The largest absolute Gasteiger partial charge is 0.393 e. The van der Waals surface area contributed by atoms with E-state index in [0.717, 1.165) is 51.4 Å². The molecule has 104 valence electrons. The summed E-state index contributed by atoms with van der Waals surface area (Å²) in [6.07, 6.45) is 6.60. The highest BCUT2D eigenvalue weighted by molar-refractivity contribution is 4.94. The summed E-state index contributed by atoms with van der Waals surface area (Å²) < 4.78 is 11.5. The molecule has 1 aliphatic carbocycles. The van der Waals surface area contributed by atoms with Crippen LogP contribution in [0.3, 0.4) is 0 Å². The molecule has 1 N–H and O–H groups in total. The van der Waals surface area contributed by atoms with Crippen molar-refractivity contribution in [3.05, 3.63) is 0 Å². The Morgan fingerprint density at radius 1 is 1.06 bits per heavy atom. The van der Waals surface area contributed by atoms with Crippen LogP contribution in [0.15, 0.2) is 0 Å². The summed E-state index contributed by atoms with van der Waals surface area (Å²) in [7, 11) is 0. The first-order valence-corrected chi connectivity index (χ1v) is 7.60. The lowest BCUT2D eigenvalue weighted by Gasteiger charge is -2.45. The fourth-order valence-electron chi connectivity index (χ4n) is 3.78. The van der Waals surface area contributed by atoms with Crippen molar-refractivity contribution in [2.45, 2.75) is 57.2 Å². The number of hydrogen-bond donors (Lipinski definition) is 1. The Balaban J connectivity index is 1.61. The minimum absolute atomic E-state index is 0.0193. The second-order valence-electron chi connectivity index (χ2n) is 6.58. The van der Waals surface area contributed by atoms with E-state index in [0.29, 0.717) is 11.8 Å². The van der Waals surface area contributed by atoms with Crippen LogP contribution in [0.2, 0.25) is 0 Å². The third-order valence-electron chi connectivity index (χ3n) is 5.32. The van der Waals surface area contributed by atoms with Crippen molar-refractivity contribution in [3.8, 4) is 0 Å². The van der Waals surface area contributed by atoms with Gasteiger partial charge in [-0.25, -0.2) is 0 Å². The Hall–Kier alpha value is -0.120. The highest BCUT2D eigenvalue weighted by atomic mass is 16.5. The van der Waals surface area contributed by atoms with E-state index in [1.165, 1.54) is 12.8 Å². The molecule has 3 heteroatoms. The SMILES string of the molecule is CC(C1CC1)C(O)C1CCOC2(CCOCC2)C1. The highest BCUT2D eigenvalue weighted by Crippen LogP contribution is 2.44. The topological polar surface area (TPSA) is 38.7 Å². The van der Waals surface area contributed by atoms with E-state index < -0.39 is 0 Å². The molecule has 1 spiro atoms. The van der Waals surface area contributed by atoms with E-state index >= 15 is 0 Å². The van der Waals surface area contributed by atoms with Gasteiger partial charge in [-0.05, 0) is 56.3 Å². The van der Waals surface area contributed by atoms with E-state index in [2.05, 4.69) is 6.92 Å². The second-order valence-corrected chi connectivity index (χ2v) is 6.58. The maximum Gasteiger partial charge on any atom is 0.0730 e. The summed E-state index contributed by atoms with van der Waals surface area (Å²) in [4.78, 5) is 0. The summed E-state index contributed by atoms with van der Waals surface area (Å²) in [5.74, 6) is 1.70. The molecule has 2 aliphatic heterocycles. The average Bonchev–Trinajstić information content (AvgIpc) is 3.22. The molecule has 0 amide bonds. The van der Waals surface area contributed by atoms with Crippen LogP contribution in [0.25, 0.3) is 0 Å². The van der Waals surface area contributed by atoms with Crippen molar-refractivity contribution in [2.75, 3.05) is 19.8 Å². The van der Waals surface area contributed by atoms with Gasteiger partial charge in [0.25, 0.3) is 0 Å². The van der Waals surface area contributed by atoms with E-state index in [1.54, 1.807) is 0 Å². The van der Waals surface area contributed by atoms with Gasteiger partial charge in [0.15, 0.2) is 0 Å². The zero-order valence-electron chi connectivity index (χ0n) is 11.4. The van der Waals surface area contributed by atoms with Crippen LogP contribution in [-0.4, -0.2) is 36.6 Å². The van der Waals surface area contributed by atoms with E-state index in [-0.39, 0.29) is 11.7 Å². The van der Waals surface area contributed by atoms with E-state index in [4.69, 9.17) is 9.47 Å². The molecule has 3 rings (SSSR count). The number of ether oxygens (including phenoxy) is 2. The van der Waals surface area contributed by atoms with Crippen molar-refractivity contribution in [1.82, 2.24) is 0 Å². The number of aliphatic hydroxyl groups excluding tert-OH is 1. The molecule has 2 saturated heterocycles. The fourth-order valence-corrected chi connectivity index (χ4v) is 3.78. The standard InChI is InChI=1S/C15H26O3/c1-11(12-2-3-12)14(16)13-4-7-18-15(10-13)5-8-17-9-6-15/h11-14,16H,2-10H2,1H3. The predicted molar refractivity (Wildman–Crippen MR) is 69.4 cm³/mol. The van der Waals surface area contributed by atoms with Gasteiger partial charge >= 0.3 is 0 Å². The Labute approximate surface area is 110 Å². The third kappa shape index (κ3) is 2.59. The lowest BCUT2D eigenvalue weighted by molar-refractivity contribution is -0.162. The van der Waals surface area contributed by atoms with Gasteiger partial charge in [0, 0.05) is 19.8 Å². The van der Waals surface area contributed by atoms with Crippen LogP contribution in [0.1, 0.15) is 45.4 Å². The van der Waals surface area contributed by atoms with Gasteiger partial charge in [-0.15, -0.1) is 0 Å². The van der Waals surface area contributed by atoms with Crippen LogP contribution < -0.4 is 0 Å². The third-order valence-corrected chi connectivity index (χ3v) is 5.32. The summed E-state index contributed by atoms with van der Waals surface area (Å²) in [5, 5.41) is 10.6. The van der Waals surface area contributed by atoms with Gasteiger partial charge in [0.2, 0.25) is 0 Å². The lowest BCUT2D eigenvalue weighted by atomic mass is 9.75. The first-order valence-electron chi connectivity index (χ1n) is 7.60. The molecule has 0 bridgehead atoms. The maximum absolute atomic E-state index is 10.6. The smallest absolute Gasteiger partial charge is 0.0730 e. The molecule has 0 aromatic rings. The predicted octanol–water partition coefficient (Wildman–Crippen LogP) is 2.37. The molecule has 0 aromatic heterocycles. The number of aliphatic hydroxyl groups is 1. The zero-order chi connectivity index (χ0) is 12.6. The molecular formula is C15H26O3. The molecular weight excluding hydrogens is 228 g/mol. The van der Waals surface area contributed by atoms with E-state index in [1.807, 2.05) is 0 Å². The minimum Gasteiger partial charge on any atom is -0.393 e. The second kappa shape index (κ2) is 5.10. The first kappa shape index (κ1) is 12.9. The Morgan fingerprint density at radius 2 is 1.78 bits per heavy atom. The van der Waals surface area contributed by atoms with Gasteiger partial charge in [0.1, 0.15) is 0 Å². The van der Waals surface area contributed by atoms with Crippen molar-refractivity contribution < 1.29 is 14.6 Å². The van der Waals surface area contributed by atoms with Crippen LogP contribution in [-0.2, 0) is 9.47 Å². The van der Waals surface area contributed by atoms with Crippen LogP contribution in [0, 0.1) is 17.8 Å². The molecule has 0 aromatic carbocycles. The first-order chi connectivity index (χ1) is 8.70. The van der Waals surface area contributed by atoms with Crippen LogP contribution >= 0.6 is 0 Å². The molecule has 18 heavy (non-hydrogen) atoms. The zero-order valence-corrected chi connectivity index (χ0v) is 11.4. The maximum atomic E-state index is 10.6. The highest BCUT2D eigenvalue weighted by Gasteiger charge is 2.43. The summed E-state index contributed by atoms with van der Waals surface area (Å²) in [5.41, 5.74) is 0.0193. The fraction of sp³-hybridized carbons (Fsp3) is 1.00. The monoisotopic (exact) mass is 254 g/mol. The van der Waals surface area contributed by atoms with Crippen molar-refractivity contribution in [3.63, 3.8) is 0 Å². The quantitative estimate of drug-likeness (QED) is 0.840. The van der Waals surface area contributed by atoms with Crippen molar-refractivity contribution >= 4 is 0 Å². The molecule has 3 nitrogen and oxygen atoms in total. The normalized spacial score (nSPS) is 35.3. The van der Waals surface area contributed by atoms with Gasteiger partial charge in [-0.2, -0.15) is 0 Å². The van der Waals surface area contributed by atoms with Gasteiger partial charge in [-0.1, -0.05) is 6.92 Å². The molecule has 3 unspecified atom stereocenters. The molecule has 3 atom stereocenters. The summed E-state index contributed by atoms with van der Waals surface area (Å²) >= 11 is 0. The Kier molecular flexibility index (Phi) is 3.65. The van der Waals surface area contributed by atoms with Crippen LogP contribution in [0.5, 0.6) is 0 Å². The van der Waals surface area contributed by atoms with Crippen LogP contribution in [0.4, 0.5) is 0 Å². The van der Waals surface area contributed by atoms with E-state index in [9.17, 15) is 5.11 Å². The molecule has 0 radical (unpaired) electrons. The number of rotatable bonds is 3. The van der Waals surface area contributed by atoms with Gasteiger partial charge < -0.3 is 14.6 Å². The molecule has 3 fully saturated rings. The molecule has 2 heterocycles. The van der Waals surface area contributed by atoms with Gasteiger partial charge in [-0.3, -0.25) is 0 Å². The summed E-state index contributed by atoms with van der Waals surface area (Å²) in [6, 6.07) is 0. The van der Waals surface area contributed by atoms with Crippen molar-refractivity contribution in [2.24, 2.45) is 17.8 Å². The minimum atomic E-state index is -0.124. The average molecular weight is 254 g/mol. The molecule has 3 aliphatic rings. The lowest BCUT2D eigenvalue weighted by Crippen LogP contribution is -2.47. The Bertz CT molecular complexity index is 276. The number of hydrogen-bond acceptors (Lipinski definition) is 3. The Morgan fingerprint density at radius 3 is 2.44 bits per heavy atom. The van der Waals surface area contributed by atoms with Gasteiger partial charge in [0.05, 0.1) is 11.7 Å². The summed E-state index contributed by atoms with van der Waals surface area (Å²) in [6.45, 7) is 4.69.